The molecule has 0 atom stereocenters. The number of nitrogens with one attached hydrogen (secondary N) is 1. The van der Waals surface area contributed by atoms with Crippen LogP contribution in [-0.4, -0.2) is 26.4 Å². The average molecular weight is 463 g/mol. The molecule has 5 nitrogen and oxygen atoms in total. The van der Waals surface area contributed by atoms with E-state index in [4.69, 9.17) is 23.2 Å². The van der Waals surface area contributed by atoms with Crippen molar-refractivity contribution in [3.63, 3.8) is 0 Å². The van der Waals surface area contributed by atoms with Gasteiger partial charge in [-0.15, -0.1) is 10.2 Å². The summed E-state index contributed by atoms with van der Waals surface area (Å²) in [6.45, 7) is 9.29. The quantitative estimate of drug-likeness (QED) is 0.436. The number of rotatable bonds is 6. The molecule has 0 bridgehead atoms. The van der Waals surface area contributed by atoms with Gasteiger partial charge < -0.3 is 9.88 Å². The van der Waals surface area contributed by atoms with Gasteiger partial charge >= 0.3 is 0 Å². The summed E-state index contributed by atoms with van der Waals surface area (Å²) in [6, 6.07) is 13.5. The number of halogens is 2. The fourth-order valence-electron chi connectivity index (χ4n) is 2.94. The number of nitrogens with zero attached hydrogens (tertiary/aromatic N) is 3. The van der Waals surface area contributed by atoms with Crippen LogP contribution in [-0.2, 0) is 16.8 Å². The van der Waals surface area contributed by atoms with Crippen LogP contribution in [0.15, 0.2) is 47.6 Å². The van der Waals surface area contributed by atoms with Crippen molar-refractivity contribution in [2.75, 3.05) is 11.1 Å². The van der Waals surface area contributed by atoms with E-state index in [1.807, 2.05) is 11.5 Å². The second-order valence-electron chi connectivity index (χ2n) is 7.81. The van der Waals surface area contributed by atoms with Crippen LogP contribution in [0.3, 0.4) is 0 Å². The maximum absolute atomic E-state index is 12.4. The fraction of sp³-hybridized carbons (Fsp3) is 0.318. The maximum Gasteiger partial charge on any atom is 0.234 e. The number of benzene rings is 2. The molecule has 1 N–H and O–H groups in total. The van der Waals surface area contributed by atoms with E-state index in [0.717, 1.165) is 11.4 Å². The Labute approximate surface area is 191 Å². The van der Waals surface area contributed by atoms with Crippen molar-refractivity contribution in [1.82, 2.24) is 14.8 Å². The minimum Gasteiger partial charge on any atom is -0.323 e. The molecule has 0 radical (unpaired) electrons. The minimum atomic E-state index is -0.211. The smallest absolute Gasteiger partial charge is 0.234 e. The molecule has 8 heteroatoms. The van der Waals surface area contributed by atoms with Crippen LogP contribution in [0.1, 0.15) is 33.3 Å². The van der Waals surface area contributed by atoms with Gasteiger partial charge in [0.2, 0.25) is 5.91 Å². The van der Waals surface area contributed by atoms with E-state index in [1.165, 1.54) is 17.3 Å². The van der Waals surface area contributed by atoms with Crippen LogP contribution in [0, 0.1) is 0 Å². The summed E-state index contributed by atoms with van der Waals surface area (Å²) < 4.78 is 2.01. The van der Waals surface area contributed by atoms with Crippen molar-refractivity contribution in [1.29, 1.82) is 0 Å². The number of carbonyl (C=O) groups is 1. The van der Waals surface area contributed by atoms with Crippen LogP contribution >= 0.6 is 35.0 Å². The van der Waals surface area contributed by atoms with Gasteiger partial charge in [0.05, 0.1) is 21.5 Å². The zero-order chi connectivity index (χ0) is 21.9. The normalized spacial score (nSPS) is 11.5. The predicted molar refractivity (Wildman–Crippen MR) is 126 cm³/mol. The van der Waals surface area contributed by atoms with E-state index >= 15 is 0 Å². The van der Waals surface area contributed by atoms with Gasteiger partial charge in [0, 0.05) is 12.1 Å². The molecule has 2 aromatic carbocycles. The third kappa shape index (κ3) is 5.17. The largest absolute Gasteiger partial charge is 0.323 e. The summed E-state index contributed by atoms with van der Waals surface area (Å²) in [6.07, 6.45) is 0. The van der Waals surface area contributed by atoms with Gasteiger partial charge in [-0.3, -0.25) is 4.79 Å². The molecule has 1 heterocycles. The number of para-hydroxylation sites is 1. The third-order valence-corrected chi connectivity index (χ3v) is 6.20. The molecule has 0 spiro atoms. The van der Waals surface area contributed by atoms with Crippen molar-refractivity contribution < 1.29 is 4.79 Å². The molecule has 3 rings (SSSR count). The Morgan fingerprint density at radius 1 is 1.07 bits per heavy atom. The number of anilines is 1. The topological polar surface area (TPSA) is 59.8 Å². The van der Waals surface area contributed by atoms with Gasteiger partial charge in [0.25, 0.3) is 0 Å². The summed E-state index contributed by atoms with van der Waals surface area (Å²) in [5.74, 6) is 0.745. The van der Waals surface area contributed by atoms with E-state index < -0.39 is 0 Å². The summed E-state index contributed by atoms with van der Waals surface area (Å²) >= 11 is 13.6. The van der Waals surface area contributed by atoms with Gasteiger partial charge in [-0.25, -0.2) is 0 Å². The highest BCUT2D eigenvalue weighted by Crippen LogP contribution is 2.31. The summed E-state index contributed by atoms with van der Waals surface area (Å²) in [5.41, 5.74) is 2.77. The Morgan fingerprint density at radius 2 is 1.70 bits per heavy atom. The van der Waals surface area contributed by atoms with Crippen molar-refractivity contribution in [3.05, 3.63) is 58.1 Å². The Kier molecular flexibility index (Phi) is 7.11. The Balaban J connectivity index is 1.72. The Bertz CT molecular complexity index is 1020. The predicted octanol–water partition coefficient (Wildman–Crippen LogP) is 6.30. The fourth-order valence-corrected chi connectivity index (χ4v) is 4.23. The molecular formula is C22H24Cl2N4OS. The van der Waals surface area contributed by atoms with Gasteiger partial charge in [-0.2, -0.15) is 0 Å². The monoisotopic (exact) mass is 462 g/mol. The van der Waals surface area contributed by atoms with Crippen molar-refractivity contribution in [3.8, 4) is 11.4 Å². The number of aromatic nitrogens is 3. The lowest BCUT2D eigenvalue weighted by molar-refractivity contribution is -0.113. The van der Waals surface area contributed by atoms with E-state index in [2.05, 4.69) is 60.6 Å². The first-order valence-electron chi connectivity index (χ1n) is 9.61. The van der Waals surface area contributed by atoms with Crippen LogP contribution in [0.5, 0.6) is 0 Å². The molecule has 0 saturated carbocycles. The summed E-state index contributed by atoms with van der Waals surface area (Å²) in [4.78, 5) is 12.4. The highest BCUT2D eigenvalue weighted by atomic mass is 35.5. The highest BCUT2D eigenvalue weighted by Gasteiger charge is 2.17. The standard InChI is InChI=1S/C22H24Cl2N4OS/c1-5-28-20(14-9-11-15(12-10-14)22(2,3)4)26-27-21(28)30-13-18(29)25-19-16(23)7-6-8-17(19)24/h6-12H,5,13H2,1-4H3,(H,25,29). The molecule has 1 amide bonds. The third-order valence-electron chi connectivity index (χ3n) is 4.60. The molecule has 0 saturated heterocycles. The maximum atomic E-state index is 12.4. The second-order valence-corrected chi connectivity index (χ2v) is 9.57. The molecule has 0 aliphatic rings. The first-order chi connectivity index (χ1) is 14.2. The van der Waals surface area contributed by atoms with Crippen LogP contribution in [0.25, 0.3) is 11.4 Å². The van der Waals surface area contributed by atoms with E-state index in [0.29, 0.717) is 27.4 Å². The minimum absolute atomic E-state index is 0.0931. The van der Waals surface area contributed by atoms with Gasteiger partial charge in [0.1, 0.15) is 0 Å². The summed E-state index contributed by atoms with van der Waals surface area (Å²) in [5, 5.41) is 12.9. The summed E-state index contributed by atoms with van der Waals surface area (Å²) in [7, 11) is 0. The highest BCUT2D eigenvalue weighted by molar-refractivity contribution is 7.99. The Morgan fingerprint density at radius 3 is 2.27 bits per heavy atom. The van der Waals surface area contributed by atoms with Crippen LogP contribution in [0.4, 0.5) is 5.69 Å². The first-order valence-corrected chi connectivity index (χ1v) is 11.4. The lowest BCUT2D eigenvalue weighted by Gasteiger charge is -2.19. The zero-order valence-electron chi connectivity index (χ0n) is 17.4. The second kappa shape index (κ2) is 9.41. The van der Waals surface area contributed by atoms with Crippen LogP contribution < -0.4 is 5.32 Å². The average Bonchev–Trinajstić information content (AvgIpc) is 3.11. The van der Waals surface area contributed by atoms with Crippen molar-refractivity contribution in [2.45, 2.75) is 44.8 Å². The molecule has 0 aliphatic carbocycles. The molecule has 158 valence electrons. The Hall–Kier alpha value is -2.02. The SMILES string of the molecule is CCn1c(SCC(=O)Nc2c(Cl)cccc2Cl)nnc1-c1ccc(C(C)(C)C)cc1. The van der Waals surface area contributed by atoms with Crippen LogP contribution in [0.2, 0.25) is 10.0 Å². The van der Waals surface area contributed by atoms with Crippen molar-refractivity contribution in [2.24, 2.45) is 0 Å². The molecule has 0 fully saturated rings. The lowest BCUT2D eigenvalue weighted by atomic mass is 9.87. The van der Waals surface area contributed by atoms with Gasteiger partial charge in [-0.1, -0.05) is 86.1 Å². The number of carbonyl (C=O) groups excluding carboxylic acids is 1. The molecular weight excluding hydrogens is 439 g/mol. The van der Waals surface area contributed by atoms with Gasteiger partial charge in [0.15, 0.2) is 11.0 Å². The van der Waals surface area contributed by atoms with E-state index in [-0.39, 0.29) is 17.1 Å². The molecule has 1 aromatic heterocycles. The lowest BCUT2D eigenvalue weighted by Crippen LogP contribution is -2.15. The molecule has 30 heavy (non-hydrogen) atoms. The van der Waals surface area contributed by atoms with Crippen molar-refractivity contribution >= 4 is 46.6 Å². The van der Waals surface area contributed by atoms with E-state index in [1.54, 1.807) is 18.2 Å². The first kappa shape index (κ1) is 22.7. The number of amides is 1. The number of hydrogen-bond acceptors (Lipinski definition) is 4. The van der Waals surface area contributed by atoms with Gasteiger partial charge in [-0.05, 0) is 30.0 Å². The molecule has 0 unspecified atom stereocenters. The number of hydrogen-bond donors (Lipinski definition) is 1. The number of thioether (sulfide) groups is 1. The van der Waals surface area contributed by atoms with E-state index in [9.17, 15) is 4.79 Å². The molecule has 0 aliphatic heterocycles. The zero-order valence-corrected chi connectivity index (χ0v) is 19.7. The molecule has 3 aromatic rings.